The van der Waals surface area contributed by atoms with Gasteiger partial charge in [-0.2, -0.15) is 0 Å². The third-order valence-corrected chi connectivity index (χ3v) is 4.19. The summed E-state index contributed by atoms with van der Waals surface area (Å²) in [6.07, 6.45) is 2.86. The highest BCUT2D eigenvalue weighted by atomic mass is 32.2. The molecule has 0 bridgehead atoms. The Morgan fingerprint density at radius 3 is 2.71 bits per heavy atom. The zero-order valence-corrected chi connectivity index (χ0v) is 11.9. The van der Waals surface area contributed by atoms with Gasteiger partial charge in [0, 0.05) is 12.1 Å². The lowest BCUT2D eigenvalue weighted by Crippen LogP contribution is -2.23. The molecule has 2 rings (SSSR count). The number of benzene rings is 1. The molecule has 0 amide bonds. The van der Waals surface area contributed by atoms with Gasteiger partial charge < -0.3 is 14.3 Å². The molecule has 1 aromatic heterocycles. The fraction of sp³-hybridized carbons (Fsp3) is 0.154. The van der Waals surface area contributed by atoms with E-state index < -0.39 is 16.0 Å². The van der Waals surface area contributed by atoms with E-state index in [0.717, 1.165) is 6.07 Å². The van der Waals surface area contributed by atoms with E-state index in [0.29, 0.717) is 5.56 Å². The average Bonchev–Trinajstić information content (AvgIpc) is 2.97. The number of sulfonamides is 1. The molecule has 112 valence electrons. The van der Waals surface area contributed by atoms with Gasteiger partial charge in [-0.1, -0.05) is 0 Å². The van der Waals surface area contributed by atoms with Crippen molar-refractivity contribution in [2.45, 2.75) is 11.4 Å². The summed E-state index contributed by atoms with van der Waals surface area (Å²) in [5.74, 6) is -1.20. The predicted molar refractivity (Wildman–Crippen MR) is 72.7 cm³/mol. The van der Waals surface area contributed by atoms with Crippen molar-refractivity contribution in [2.24, 2.45) is 0 Å². The SMILES string of the molecule is COc1cc(C(=O)O)ccc1S(=O)(=O)NCc1ccoc1. The Bertz CT molecular complexity index is 736. The van der Waals surface area contributed by atoms with Gasteiger partial charge in [-0.15, -0.1) is 0 Å². The van der Waals surface area contributed by atoms with Gasteiger partial charge in [0.2, 0.25) is 10.0 Å². The third kappa shape index (κ3) is 3.41. The monoisotopic (exact) mass is 311 g/mol. The number of carbonyl (C=O) groups is 1. The van der Waals surface area contributed by atoms with E-state index >= 15 is 0 Å². The quantitative estimate of drug-likeness (QED) is 0.836. The Kier molecular flexibility index (Phi) is 4.29. The van der Waals surface area contributed by atoms with Crippen LogP contribution in [0.25, 0.3) is 0 Å². The van der Waals surface area contributed by atoms with Crippen LogP contribution in [-0.4, -0.2) is 26.6 Å². The molecule has 2 aromatic rings. The number of nitrogens with one attached hydrogen (secondary N) is 1. The van der Waals surface area contributed by atoms with E-state index in [1.165, 1.54) is 31.8 Å². The highest BCUT2D eigenvalue weighted by molar-refractivity contribution is 7.89. The summed E-state index contributed by atoms with van der Waals surface area (Å²) in [7, 11) is -2.56. The lowest BCUT2D eigenvalue weighted by molar-refractivity contribution is 0.0696. The molecule has 0 aliphatic rings. The lowest BCUT2D eigenvalue weighted by atomic mass is 10.2. The molecule has 7 nitrogen and oxygen atoms in total. The normalized spacial score (nSPS) is 11.3. The molecule has 1 aromatic carbocycles. The van der Waals surface area contributed by atoms with Crippen LogP contribution in [0.1, 0.15) is 15.9 Å². The topological polar surface area (TPSA) is 106 Å². The summed E-state index contributed by atoms with van der Waals surface area (Å²) >= 11 is 0. The van der Waals surface area contributed by atoms with E-state index in [2.05, 4.69) is 4.72 Å². The number of aromatic carboxylic acids is 1. The summed E-state index contributed by atoms with van der Waals surface area (Å²) < 4.78 is 36.6. The van der Waals surface area contributed by atoms with Gasteiger partial charge in [-0.25, -0.2) is 17.9 Å². The number of hydrogen-bond acceptors (Lipinski definition) is 5. The number of methoxy groups -OCH3 is 1. The summed E-state index contributed by atoms with van der Waals surface area (Å²) in [6.45, 7) is 0.0582. The van der Waals surface area contributed by atoms with Gasteiger partial charge in [-0.3, -0.25) is 0 Å². The second kappa shape index (κ2) is 5.98. The summed E-state index contributed by atoms with van der Waals surface area (Å²) in [6, 6.07) is 5.19. The number of carboxylic acids is 1. The first-order chi connectivity index (χ1) is 9.94. The van der Waals surface area contributed by atoms with Crippen molar-refractivity contribution in [3.8, 4) is 5.75 Å². The van der Waals surface area contributed by atoms with Gasteiger partial charge in [0.25, 0.3) is 0 Å². The Labute approximate surface area is 121 Å². The first kappa shape index (κ1) is 15.1. The van der Waals surface area contributed by atoms with E-state index in [4.69, 9.17) is 14.3 Å². The minimum absolute atomic E-state index is 0.0328. The molecule has 0 saturated heterocycles. The molecule has 0 unspecified atom stereocenters. The van der Waals surface area contributed by atoms with E-state index in [1.54, 1.807) is 6.07 Å². The van der Waals surface area contributed by atoms with Crippen LogP contribution in [0, 0.1) is 0 Å². The summed E-state index contributed by atoms with van der Waals surface area (Å²) in [4.78, 5) is 10.8. The van der Waals surface area contributed by atoms with Gasteiger partial charge in [0.15, 0.2) is 0 Å². The van der Waals surface area contributed by atoms with Crippen LogP contribution in [0.3, 0.4) is 0 Å². The van der Waals surface area contributed by atoms with E-state index in [-0.39, 0.29) is 22.8 Å². The lowest BCUT2D eigenvalue weighted by Gasteiger charge is -2.11. The Balaban J connectivity index is 2.28. The molecule has 2 N–H and O–H groups in total. The average molecular weight is 311 g/mol. The van der Waals surface area contributed by atoms with Crippen LogP contribution < -0.4 is 9.46 Å². The molecular weight excluding hydrogens is 298 g/mol. The van der Waals surface area contributed by atoms with Crippen LogP contribution in [0.5, 0.6) is 5.75 Å². The molecule has 0 fully saturated rings. The number of carboxylic acid groups (broad SMARTS) is 1. The predicted octanol–water partition coefficient (Wildman–Crippen LogP) is 1.46. The minimum Gasteiger partial charge on any atom is -0.495 e. The van der Waals surface area contributed by atoms with Gasteiger partial charge in [0.05, 0.1) is 25.2 Å². The molecule has 21 heavy (non-hydrogen) atoms. The highest BCUT2D eigenvalue weighted by Crippen LogP contribution is 2.25. The van der Waals surface area contributed by atoms with E-state index in [1.807, 2.05) is 0 Å². The molecule has 8 heteroatoms. The fourth-order valence-corrected chi connectivity index (χ4v) is 2.84. The fourth-order valence-electron chi connectivity index (χ4n) is 1.67. The number of furan rings is 1. The molecule has 0 aliphatic heterocycles. The van der Waals surface area contributed by atoms with Crippen molar-refractivity contribution < 1.29 is 27.5 Å². The maximum atomic E-state index is 12.2. The summed E-state index contributed by atoms with van der Waals surface area (Å²) in [5, 5.41) is 8.90. The Hall–Kier alpha value is -2.32. The van der Waals surface area contributed by atoms with Crippen LogP contribution in [0.4, 0.5) is 0 Å². The second-order valence-electron chi connectivity index (χ2n) is 4.13. The highest BCUT2D eigenvalue weighted by Gasteiger charge is 2.20. The molecular formula is C13H13NO6S. The van der Waals surface area contributed by atoms with Crippen LogP contribution >= 0.6 is 0 Å². The van der Waals surface area contributed by atoms with E-state index in [9.17, 15) is 13.2 Å². The van der Waals surface area contributed by atoms with Crippen molar-refractivity contribution in [2.75, 3.05) is 7.11 Å². The van der Waals surface area contributed by atoms with Gasteiger partial charge in [-0.05, 0) is 24.3 Å². The Morgan fingerprint density at radius 2 is 2.14 bits per heavy atom. The van der Waals surface area contributed by atoms with Gasteiger partial charge in [0.1, 0.15) is 10.6 Å². The van der Waals surface area contributed by atoms with Crippen molar-refractivity contribution in [3.63, 3.8) is 0 Å². The minimum atomic E-state index is -3.83. The maximum absolute atomic E-state index is 12.2. The van der Waals surface area contributed by atoms with Crippen molar-refractivity contribution in [1.82, 2.24) is 4.72 Å². The zero-order valence-electron chi connectivity index (χ0n) is 11.1. The zero-order chi connectivity index (χ0) is 15.5. The van der Waals surface area contributed by atoms with Crippen molar-refractivity contribution in [1.29, 1.82) is 0 Å². The number of ether oxygens (including phenoxy) is 1. The standard InChI is InChI=1S/C13H13NO6S/c1-19-11-6-10(13(15)16)2-3-12(11)21(17,18)14-7-9-4-5-20-8-9/h2-6,8,14H,7H2,1H3,(H,15,16). The molecule has 0 radical (unpaired) electrons. The first-order valence-electron chi connectivity index (χ1n) is 5.86. The van der Waals surface area contributed by atoms with Crippen LogP contribution in [0.15, 0.2) is 46.1 Å². The largest absolute Gasteiger partial charge is 0.495 e. The molecule has 0 spiro atoms. The van der Waals surface area contributed by atoms with Crippen molar-refractivity contribution in [3.05, 3.63) is 47.9 Å². The number of rotatable bonds is 6. The molecule has 1 heterocycles. The summed E-state index contributed by atoms with van der Waals surface area (Å²) in [5.41, 5.74) is 0.611. The smallest absolute Gasteiger partial charge is 0.335 e. The Morgan fingerprint density at radius 1 is 1.38 bits per heavy atom. The molecule has 0 saturated carbocycles. The number of hydrogen-bond donors (Lipinski definition) is 2. The van der Waals surface area contributed by atoms with Crippen LogP contribution in [-0.2, 0) is 16.6 Å². The molecule has 0 atom stereocenters. The second-order valence-corrected chi connectivity index (χ2v) is 5.86. The van der Waals surface area contributed by atoms with Gasteiger partial charge >= 0.3 is 5.97 Å². The molecule has 0 aliphatic carbocycles. The first-order valence-corrected chi connectivity index (χ1v) is 7.34. The van der Waals surface area contributed by atoms with Crippen LogP contribution in [0.2, 0.25) is 0 Å². The van der Waals surface area contributed by atoms with Crippen molar-refractivity contribution >= 4 is 16.0 Å². The third-order valence-electron chi connectivity index (χ3n) is 2.75. The maximum Gasteiger partial charge on any atom is 0.335 e.